The monoisotopic (exact) mass is 708 g/mol. The highest BCUT2D eigenvalue weighted by molar-refractivity contribution is 6.16. The zero-order chi connectivity index (χ0) is 36.7. The first kappa shape index (κ1) is 32.0. The summed E-state index contributed by atoms with van der Waals surface area (Å²) in [6.07, 6.45) is 17.7. The van der Waals surface area contributed by atoms with Gasteiger partial charge in [-0.15, -0.1) is 0 Å². The number of aliphatic imine (C=N–C) groups is 2. The van der Waals surface area contributed by atoms with Crippen molar-refractivity contribution in [1.82, 2.24) is 9.88 Å². The van der Waals surface area contributed by atoms with E-state index >= 15 is 0 Å². The van der Waals surface area contributed by atoms with Crippen LogP contribution < -0.4 is 5.32 Å². The minimum Gasteiger partial charge on any atom is -0.324 e. The Balaban J connectivity index is 1.08. The average molecular weight is 709 g/mol. The molecule has 4 heteroatoms. The molecule has 0 saturated heterocycles. The molecule has 1 aromatic heterocycles. The predicted octanol–water partition coefficient (Wildman–Crippen LogP) is 11.6. The number of benzene rings is 5. The molecule has 0 amide bonds. The number of rotatable bonds is 5. The average Bonchev–Trinajstić information content (AvgIpc) is 3.85. The molecule has 5 aliphatic rings. The molecule has 1 N–H and O–H groups in total. The Bertz CT molecular complexity index is 2810. The van der Waals surface area contributed by atoms with E-state index in [0.717, 1.165) is 59.7 Å². The van der Waals surface area contributed by atoms with E-state index in [0.29, 0.717) is 0 Å². The van der Waals surface area contributed by atoms with Gasteiger partial charge in [0, 0.05) is 27.6 Å². The quantitative estimate of drug-likeness (QED) is 0.178. The smallest absolute Gasteiger partial charge is 0.169 e. The van der Waals surface area contributed by atoms with E-state index in [2.05, 4.69) is 138 Å². The molecule has 0 radical (unpaired) electrons. The van der Waals surface area contributed by atoms with Crippen LogP contribution in [0, 0.1) is 0 Å². The minimum absolute atomic E-state index is 0.282. The van der Waals surface area contributed by atoms with Crippen molar-refractivity contribution in [3.05, 3.63) is 208 Å². The number of hydrogen-bond acceptors (Lipinski definition) is 3. The summed E-state index contributed by atoms with van der Waals surface area (Å²) in [4.78, 5) is 10.0. The molecule has 1 atom stereocenters. The summed E-state index contributed by atoms with van der Waals surface area (Å²) >= 11 is 0. The molecule has 6 aromatic rings. The van der Waals surface area contributed by atoms with Crippen molar-refractivity contribution in [3.8, 4) is 16.8 Å². The number of hydrogen-bond donors (Lipinski definition) is 1. The second-order valence-electron chi connectivity index (χ2n) is 15.1. The lowest BCUT2D eigenvalue weighted by Crippen LogP contribution is -2.38. The zero-order valence-corrected chi connectivity index (χ0v) is 30.9. The third kappa shape index (κ3) is 4.52. The number of amidine groups is 2. The van der Waals surface area contributed by atoms with E-state index in [1.165, 1.54) is 55.2 Å². The number of fused-ring (bicyclic) bond motifs is 11. The summed E-state index contributed by atoms with van der Waals surface area (Å²) in [5.41, 5.74) is 17.9. The van der Waals surface area contributed by atoms with E-state index in [4.69, 9.17) is 9.98 Å². The van der Waals surface area contributed by atoms with Gasteiger partial charge < -0.3 is 9.88 Å². The van der Waals surface area contributed by atoms with E-state index in [-0.39, 0.29) is 11.6 Å². The number of aromatic nitrogens is 1. The molecule has 0 saturated carbocycles. The van der Waals surface area contributed by atoms with E-state index in [1.54, 1.807) is 11.1 Å². The fourth-order valence-electron chi connectivity index (χ4n) is 10.0. The molecule has 5 aromatic carbocycles. The van der Waals surface area contributed by atoms with Crippen molar-refractivity contribution in [2.45, 2.75) is 44.2 Å². The van der Waals surface area contributed by atoms with Crippen molar-refractivity contribution in [2.75, 3.05) is 0 Å². The first-order valence-electron chi connectivity index (χ1n) is 19.5. The highest BCUT2D eigenvalue weighted by Gasteiger charge is 2.53. The zero-order valence-electron chi connectivity index (χ0n) is 30.9. The SMILES string of the molecule is C=C/C(=C\C)C1N=C(c2ccccc2)NC(c2ccc(-n3c4ccccc4c4cc5c(cc43)-c3ccccc3C53C4=C(CCC=C4)C4=C3C=CCC4)cc2)=N1. The van der Waals surface area contributed by atoms with Crippen molar-refractivity contribution in [3.63, 3.8) is 0 Å². The van der Waals surface area contributed by atoms with Crippen LogP contribution in [-0.2, 0) is 5.41 Å². The van der Waals surface area contributed by atoms with Crippen LogP contribution in [0.4, 0.5) is 0 Å². The van der Waals surface area contributed by atoms with Crippen LogP contribution in [0.5, 0.6) is 0 Å². The Morgan fingerprint density at radius 1 is 0.691 bits per heavy atom. The summed E-state index contributed by atoms with van der Waals surface area (Å²) in [7, 11) is 0. The van der Waals surface area contributed by atoms with Gasteiger partial charge >= 0.3 is 0 Å². The van der Waals surface area contributed by atoms with Gasteiger partial charge in [0.1, 0.15) is 11.7 Å². The third-order valence-electron chi connectivity index (χ3n) is 12.4. The molecule has 4 aliphatic carbocycles. The second kappa shape index (κ2) is 12.3. The summed E-state index contributed by atoms with van der Waals surface area (Å²) in [6.45, 7) is 6.05. The molecule has 55 heavy (non-hydrogen) atoms. The van der Waals surface area contributed by atoms with Crippen molar-refractivity contribution in [2.24, 2.45) is 9.98 Å². The largest absolute Gasteiger partial charge is 0.324 e. The lowest BCUT2D eigenvalue weighted by molar-refractivity contribution is 0.763. The fraction of sp³-hybridized carbons (Fsp3) is 0.137. The van der Waals surface area contributed by atoms with Crippen LogP contribution in [0.25, 0.3) is 38.6 Å². The maximum atomic E-state index is 5.07. The Labute approximate surface area is 321 Å². The van der Waals surface area contributed by atoms with E-state index < -0.39 is 0 Å². The molecule has 0 bridgehead atoms. The number of para-hydroxylation sites is 1. The van der Waals surface area contributed by atoms with E-state index in [1.807, 2.05) is 37.3 Å². The maximum Gasteiger partial charge on any atom is 0.169 e. The first-order chi connectivity index (χ1) is 27.2. The Morgan fingerprint density at radius 3 is 2.05 bits per heavy atom. The van der Waals surface area contributed by atoms with Crippen LogP contribution in [0.15, 0.2) is 196 Å². The predicted molar refractivity (Wildman–Crippen MR) is 228 cm³/mol. The number of nitrogens with zero attached hydrogens (tertiary/aromatic N) is 3. The van der Waals surface area contributed by atoms with Crippen LogP contribution in [0.1, 0.15) is 54.9 Å². The molecular formula is C51H40N4. The molecule has 264 valence electrons. The standard InChI is InChI=1S/C51H40N4/c1-3-32(4-2)48-52-49(33-16-6-5-7-17-33)54-50(53-48)34-26-28-35(29-27-34)55-46-25-15-11-21-39(46)41-30-45-40(31-47(41)55)38-20-10-14-24-44(38)51(45)42-22-12-8-18-36(42)37-19-9-13-23-43(37)51/h3-7,10-17,20-31,48H,1,8-9,18-19H2,2H3,(H,52,53,54)/b32-4+. The highest BCUT2D eigenvalue weighted by atomic mass is 15.2. The van der Waals surface area contributed by atoms with E-state index in [9.17, 15) is 0 Å². The molecule has 1 aliphatic heterocycles. The van der Waals surface area contributed by atoms with Gasteiger partial charge in [-0.1, -0.05) is 116 Å². The molecule has 2 heterocycles. The normalized spacial score (nSPS) is 19.3. The lowest BCUT2D eigenvalue weighted by Gasteiger charge is -2.34. The Hall–Kier alpha value is -6.52. The summed E-state index contributed by atoms with van der Waals surface area (Å²) < 4.78 is 2.44. The minimum atomic E-state index is -0.369. The first-order valence-corrected chi connectivity index (χ1v) is 19.5. The number of nitrogens with one attached hydrogen (secondary N) is 1. The van der Waals surface area contributed by atoms with Gasteiger partial charge in [-0.2, -0.15) is 0 Å². The highest BCUT2D eigenvalue weighted by Crippen LogP contribution is 2.64. The molecule has 1 spiro atoms. The Morgan fingerprint density at radius 2 is 1.35 bits per heavy atom. The van der Waals surface area contributed by atoms with Gasteiger partial charge in [0.2, 0.25) is 0 Å². The van der Waals surface area contributed by atoms with Crippen LogP contribution in [0.3, 0.4) is 0 Å². The number of allylic oxidation sites excluding steroid dienone is 9. The third-order valence-corrected chi connectivity index (χ3v) is 12.4. The topological polar surface area (TPSA) is 41.7 Å². The summed E-state index contributed by atoms with van der Waals surface area (Å²) in [5.74, 6) is 1.59. The van der Waals surface area contributed by atoms with Gasteiger partial charge in [0.05, 0.1) is 16.4 Å². The van der Waals surface area contributed by atoms with Crippen LogP contribution in [0.2, 0.25) is 0 Å². The van der Waals surface area contributed by atoms with Crippen molar-refractivity contribution >= 4 is 33.5 Å². The van der Waals surface area contributed by atoms with Crippen LogP contribution in [-0.4, -0.2) is 22.4 Å². The molecule has 1 unspecified atom stereocenters. The van der Waals surface area contributed by atoms with Gasteiger partial charge in [-0.05, 0) is 125 Å². The van der Waals surface area contributed by atoms with Gasteiger partial charge in [-0.25, -0.2) is 9.98 Å². The summed E-state index contributed by atoms with van der Waals surface area (Å²) in [6, 6.07) is 42.2. The fourth-order valence-corrected chi connectivity index (χ4v) is 10.0. The van der Waals surface area contributed by atoms with Crippen molar-refractivity contribution < 1.29 is 0 Å². The summed E-state index contributed by atoms with van der Waals surface area (Å²) in [5, 5.41) is 6.10. The van der Waals surface area contributed by atoms with Gasteiger partial charge in [0.25, 0.3) is 0 Å². The Kier molecular flexibility index (Phi) is 7.12. The molecule has 4 nitrogen and oxygen atoms in total. The maximum absolute atomic E-state index is 5.07. The lowest BCUT2D eigenvalue weighted by atomic mass is 9.67. The molecular weight excluding hydrogens is 669 g/mol. The van der Waals surface area contributed by atoms with Crippen LogP contribution >= 0.6 is 0 Å². The van der Waals surface area contributed by atoms with Crippen molar-refractivity contribution in [1.29, 1.82) is 0 Å². The molecule has 0 fully saturated rings. The molecule has 11 rings (SSSR count). The van der Waals surface area contributed by atoms with Gasteiger partial charge in [-0.3, -0.25) is 0 Å². The second-order valence-corrected chi connectivity index (χ2v) is 15.1. The van der Waals surface area contributed by atoms with Gasteiger partial charge in [0.15, 0.2) is 6.17 Å².